The van der Waals surface area contributed by atoms with Crippen LogP contribution in [0.15, 0.2) is 18.2 Å². The van der Waals surface area contributed by atoms with Crippen molar-refractivity contribution in [3.63, 3.8) is 0 Å². The van der Waals surface area contributed by atoms with Gasteiger partial charge in [-0.1, -0.05) is 6.07 Å². The summed E-state index contributed by atoms with van der Waals surface area (Å²) in [4.78, 5) is 15.2. The molecule has 1 atom stereocenters. The van der Waals surface area contributed by atoms with Crippen LogP contribution in [-0.2, 0) is 10.3 Å². The van der Waals surface area contributed by atoms with Gasteiger partial charge in [0, 0.05) is 31.7 Å². The Bertz CT molecular complexity index is 510. The number of hydrogen-bond acceptors (Lipinski definition) is 3. The molecule has 0 saturated carbocycles. The molecule has 0 amide bonds. The fraction of sp³-hybridized carbons (Fsp3) is 0.533. The van der Waals surface area contributed by atoms with Crippen molar-refractivity contribution >= 4 is 5.97 Å². The maximum Gasteiger partial charge on any atom is 0.305 e. The molecular weight excluding hydrogens is 278 g/mol. The average Bonchev–Trinajstić information content (AvgIpc) is 2.38. The summed E-state index contributed by atoms with van der Waals surface area (Å²) in [5, 5.41) is 9.19. The lowest BCUT2D eigenvalue weighted by molar-refractivity contribution is -0.141. The molecule has 1 fully saturated rings. The number of nitrogens with zero attached hydrogens (tertiary/aromatic N) is 2. The van der Waals surface area contributed by atoms with Crippen LogP contribution in [0.4, 0.5) is 8.78 Å². The van der Waals surface area contributed by atoms with Gasteiger partial charge in [-0.3, -0.25) is 9.69 Å². The molecule has 6 heteroatoms. The summed E-state index contributed by atoms with van der Waals surface area (Å²) in [5.41, 5.74) is -1.35. The van der Waals surface area contributed by atoms with Crippen molar-refractivity contribution in [2.75, 3.05) is 33.2 Å². The summed E-state index contributed by atoms with van der Waals surface area (Å²) in [6, 6.07) is 3.64. The molecule has 1 N–H and O–H groups in total. The Labute approximate surface area is 123 Å². The molecule has 1 unspecified atom stereocenters. The summed E-state index contributed by atoms with van der Waals surface area (Å²) in [6.45, 7) is 4.24. The third kappa shape index (κ3) is 3.22. The first kappa shape index (κ1) is 15.9. The van der Waals surface area contributed by atoms with Gasteiger partial charge in [0.05, 0.1) is 12.0 Å². The first-order valence-electron chi connectivity index (χ1n) is 6.94. The largest absolute Gasteiger partial charge is 0.481 e. The Hall–Kier alpha value is -1.53. The van der Waals surface area contributed by atoms with Crippen LogP contribution in [0.25, 0.3) is 0 Å². The van der Waals surface area contributed by atoms with E-state index in [-0.39, 0.29) is 12.0 Å². The van der Waals surface area contributed by atoms with Gasteiger partial charge < -0.3 is 10.0 Å². The molecule has 0 bridgehead atoms. The van der Waals surface area contributed by atoms with Crippen LogP contribution in [0.3, 0.4) is 0 Å². The maximum atomic E-state index is 14.2. The van der Waals surface area contributed by atoms with E-state index in [2.05, 4.69) is 4.90 Å². The average molecular weight is 298 g/mol. The van der Waals surface area contributed by atoms with Gasteiger partial charge in [-0.05, 0) is 26.1 Å². The highest BCUT2D eigenvalue weighted by molar-refractivity contribution is 5.69. The van der Waals surface area contributed by atoms with Crippen molar-refractivity contribution in [2.45, 2.75) is 18.9 Å². The van der Waals surface area contributed by atoms with Gasteiger partial charge in [0.15, 0.2) is 0 Å². The quantitative estimate of drug-likeness (QED) is 0.922. The van der Waals surface area contributed by atoms with Crippen LogP contribution in [0.1, 0.15) is 18.9 Å². The van der Waals surface area contributed by atoms with Gasteiger partial charge in [0.2, 0.25) is 0 Å². The monoisotopic (exact) mass is 298 g/mol. The van der Waals surface area contributed by atoms with Gasteiger partial charge in [0.1, 0.15) is 11.6 Å². The molecule has 1 saturated heterocycles. The number of carboxylic acids is 1. The minimum Gasteiger partial charge on any atom is -0.481 e. The first-order valence-corrected chi connectivity index (χ1v) is 6.94. The Kier molecular flexibility index (Phi) is 4.58. The van der Waals surface area contributed by atoms with E-state index in [0.29, 0.717) is 13.1 Å². The summed E-state index contributed by atoms with van der Waals surface area (Å²) in [6.07, 6.45) is -0.339. The minimum atomic E-state index is -1.19. The molecule has 1 aliphatic heterocycles. The Morgan fingerprint density at radius 1 is 1.24 bits per heavy atom. The molecule has 1 aliphatic rings. The van der Waals surface area contributed by atoms with Gasteiger partial charge in [-0.2, -0.15) is 0 Å². The highest BCUT2D eigenvalue weighted by Crippen LogP contribution is 2.36. The van der Waals surface area contributed by atoms with Crippen LogP contribution in [0.5, 0.6) is 0 Å². The number of rotatable bonds is 4. The van der Waals surface area contributed by atoms with E-state index in [4.69, 9.17) is 0 Å². The second-order valence-corrected chi connectivity index (χ2v) is 5.73. The summed E-state index contributed by atoms with van der Waals surface area (Å²) in [5.74, 6) is -2.46. The fourth-order valence-electron chi connectivity index (χ4n) is 2.97. The van der Waals surface area contributed by atoms with Crippen LogP contribution >= 0.6 is 0 Å². The topological polar surface area (TPSA) is 43.8 Å². The third-order valence-electron chi connectivity index (χ3n) is 4.20. The number of carboxylic acid groups (broad SMARTS) is 1. The van der Waals surface area contributed by atoms with Crippen molar-refractivity contribution < 1.29 is 18.7 Å². The molecule has 21 heavy (non-hydrogen) atoms. The van der Waals surface area contributed by atoms with E-state index >= 15 is 0 Å². The van der Waals surface area contributed by atoms with Crippen molar-refractivity contribution in [1.29, 1.82) is 0 Å². The number of likely N-dealkylation sites (N-methyl/N-ethyl adjacent to an activating group) is 1. The standard InChI is InChI=1S/C15H20F2N2O2/c1-15(10-13(20)21,19-8-6-18(2)7-9-19)14-11(16)4-3-5-12(14)17/h3-5H,6-10H2,1-2H3,(H,20,21). The van der Waals surface area contributed by atoms with E-state index < -0.39 is 23.1 Å². The molecule has 116 valence electrons. The number of carbonyl (C=O) groups is 1. The molecule has 0 radical (unpaired) electrons. The summed E-state index contributed by atoms with van der Waals surface area (Å²) in [7, 11) is 1.97. The van der Waals surface area contributed by atoms with E-state index in [0.717, 1.165) is 13.1 Å². The zero-order valence-electron chi connectivity index (χ0n) is 12.3. The van der Waals surface area contributed by atoms with E-state index in [1.165, 1.54) is 18.2 Å². The maximum absolute atomic E-state index is 14.2. The predicted molar refractivity (Wildman–Crippen MR) is 75.0 cm³/mol. The lowest BCUT2D eigenvalue weighted by atomic mass is 9.85. The van der Waals surface area contributed by atoms with Crippen LogP contribution in [0, 0.1) is 11.6 Å². The Morgan fingerprint density at radius 2 is 1.76 bits per heavy atom. The number of hydrogen-bond donors (Lipinski definition) is 1. The van der Waals surface area contributed by atoms with E-state index in [1.807, 2.05) is 11.9 Å². The molecule has 4 nitrogen and oxygen atoms in total. The molecule has 0 aliphatic carbocycles. The number of piperazine rings is 1. The van der Waals surface area contributed by atoms with Gasteiger partial charge in [-0.15, -0.1) is 0 Å². The number of aliphatic carboxylic acids is 1. The first-order chi connectivity index (χ1) is 9.84. The lowest BCUT2D eigenvalue weighted by Crippen LogP contribution is -2.54. The number of halogens is 2. The molecule has 1 heterocycles. The lowest BCUT2D eigenvalue weighted by Gasteiger charge is -2.45. The zero-order chi connectivity index (χ0) is 15.6. The summed E-state index contributed by atoms with van der Waals surface area (Å²) >= 11 is 0. The zero-order valence-corrected chi connectivity index (χ0v) is 12.3. The SMILES string of the molecule is CN1CCN(C(C)(CC(=O)O)c2c(F)cccc2F)CC1. The van der Waals surface area contributed by atoms with Crippen LogP contribution in [-0.4, -0.2) is 54.1 Å². The summed E-state index contributed by atoms with van der Waals surface area (Å²) < 4.78 is 28.3. The second kappa shape index (κ2) is 6.07. The van der Waals surface area contributed by atoms with Crippen molar-refractivity contribution in [3.05, 3.63) is 35.4 Å². The molecule has 1 aromatic rings. The molecule has 2 rings (SSSR count). The Morgan fingerprint density at radius 3 is 2.24 bits per heavy atom. The predicted octanol–water partition coefficient (Wildman–Crippen LogP) is 1.90. The van der Waals surface area contributed by atoms with E-state index in [1.54, 1.807) is 6.92 Å². The van der Waals surface area contributed by atoms with Crippen LogP contribution < -0.4 is 0 Å². The van der Waals surface area contributed by atoms with E-state index in [9.17, 15) is 18.7 Å². The molecule has 0 aromatic heterocycles. The van der Waals surface area contributed by atoms with Crippen LogP contribution in [0.2, 0.25) is 0 Å². The number of benzene rings is 1. The minimum absolute atomic E-state index is 0.156. The fourth-order valence-corrected chi connectivity index (χ4v) is 2.97. The highest BCUT2D eigenvalue weighted by atomic mass is 19.1. The third-order valence-corrected chi connectivity index (χ3v) is 4.20. The van der Waals surface area contributed by atoms with Crippen molar-refractivity contribution in [2.24, 2.45) is 0 Å². The molecular formula is C15H20F2N2O2. The Balaban J connectivity index is 2.44. The van der Waals surface area contributed by atoms with Gasteiger partial charge >= 0.3 is 5.97 Å². The smallest absolute Gasteiger partial charge is 0.305 e. The van der Waals surface area contributed by atoms with Crippen molar-refractivity contribution in [1.82, 2.24) is 9.80 Å². The molecule has 0 spiro atoms. The molecule has 1 aromatic carbocycles. The normalized spacial score (nSPS) is 20.2. The second-order valence-electron chi connectivity index (χ2n) is 5.73. The van der Waals surface area contributed by atoms with Gasteiger partial charge in [-0.25, -0.2) is 8.78 Å². The van der Waals surface area contributed by atoms with Crippen molar-refractivity contribution in [3.8, 4) is 0 Å². The highest BCUT2D eigenvalue weighted by Gasteiger charge is 2.41. The van der Waals surface area contributed by atoms with Gasteiger partial charge in [0.25, 0.3) is 0 Å².